The van der Waals surface area contributed by atoms with Crippen LogP contribution in [-0.4, -0.2) is 56.1 Å². The molecule has 0 bridgehead atoms. The van der Waals surface area contributed by atoms with Crippen LogP contribution in [0.3, 0.4) is 0 Å². The normalized spacial score (nSPS) is 14.9. The third kappa shape index (κ3) is 3.93. The maximum Gasteiger partial charge on any atom is 0.289 e. The zero-order chi connectivity index (χ0) is 20.4. The highest BCUT2D eigenvalue weighted by Crippen LogP contribution is 2.29. The predicted molar refractivity (Wildman–Crippen MR) is 112 cm³/mol. The number of piperazine rings is 1. The number of carbonyl (C=O) groups is 1. The molecule has 1 aromatic heterocycles. The van der Waals surface area contributed by atoms with Crippen LogP contribution in [0.25, 0.3) is 11.0 Å². The van der Waals surface area contributed by atoms with Crippen LogP contribution in [-0.2, 0) is 6.54 Å². The predicted octanol–water partition coefficient (Wildman–Crippen LogP) is 3.72. The van der Waals surface area contributed by atoms with Crippen molar-refractivity contribution in [2.45, 2.75) is 13.5 Å². The fourth-order valence-corrected chi connectivity index (χ4v) is 3.77. The second-order valence-corrected chi connectivity index (χ2v) is 7.33. The monoisotopic (exact) mass is 394 g/mol. The van der Waals surface area contributed by atoms with Crippen molar-refractivity contribution in [3.05, 3.63) is 59.4 Å². The molecule has 1 aliphatic rings. The van der Waals surface area contributed by atoms with E-state index in [0.717, 1.165) is 42.1 Å². The number of methoxy groups -OCH3 is 2. The molecule has 0 spiro atoms. The summed E-state index contributed by atoms with van der Waals surface area (Å²) in [4.78, 5) is 17.3. The standard InChI is InChI=1S/C23H26N2O4/c1-16-20-14-19(28-3)8-9-21(20)29-22(16)23(26)25-12-10-24(11-13-25)15-17-4-6-18(27-2)7-5-17/h4-9,14H,10-13,15H2,1-3H3. The molecule has 2 heterocycles. The minimum atomic E-state index is -0.0400. The van der Waals surface area contributed by atoms with E-state index in [1.165, 1.54) is 5.56 Å². The summed E-state index contributed by atoms with van der Waals surface area (Å²) in [7, 11) is 3.31. The second-order valence-electron chi connectivity index (χ2n) is 7.33. The molecular formula is C23H26N2O4. The molecule has 152 valence electrons. The molecule has 1 saturated heterocycles. The molecule has 0 radical (unpaired) electrons. The highest BCUT2D eigenvalue weighted by atomic mass is 16.5. The van der Waals surface area contributed by atoms with Gasteiger partial charge in [0.2, 0.25) is 0 Å². The van der Waals surface area contributed by atoms with E-state index < -0.39 is 0 Å². The smallest absolute Gasteiger partial charge is 0.289 e. The molecule has 3 aromatic rings. The molecule has 2 aromatic carbocycles. The number of ether oxygens (including phenoxy) is 2. The van der Waals surface area contributed by atoms with Crippen LogP contribution in [0.15, 0.2) is 46.9 Å². The molecular weight excluding hydrogens is 368 g/mol. The van der Waals surface area contributed by atoms with Gasteiger partial charge in [-0.2, -0.15) is 0 Å². The maximum atomic E-state index is 13.0. The highest BCUT2D eigenvalue weighted by Gasteiger charge is 2.26. The van der Waals surface area contributed by atoms with Crippen LogP contribution in [0.1, 0.15) is 21.7 Å². The van der Waals surface area contributed by atoms with E-state index in [9.17, 15) is 4.79 Å². The Morgan fingerprint density at radius 3 is 2.28 bits per heavy atom. The van der Waals surface area contributed by atoms with Crippen molar-refractivity contribution in [1.29, 1.82) is 0 Å². The Kier molecular flexibility index (Phi) is 5.45. The summed E-state index contributed by atoms with van der Waals surface area (Å²) < 4.78 is 16.4. The van der Waals surface area contributed by atoms with Gasteiger partial charge in [0.15, 0.2) is 5.76 Å². The van der Waals surface area contributed by atoms with E-state index in [-0.39, 0.29) is 5.91 Å². The molecule has 1 aliphatic heterocycles. The Labute approximate surface area is 170 Å². The van der Waals surface area contributed by atoms with Crippen molar-refractivity contribution in [3.63, 3.8) is 0 Å². The molecule has 6 heteroatoms. The van der Waals surface area contributed by atoms with Crippen molar-refractivity contribution in [2.24, 2.45) is 0 Å². The maximum absolute atomic E-state index is 13.0. The van der Waals surface area contributed by atoms with Crippen molar-refractivity contribution < 1.29 is 18.7 Å². The van der Waals surface area contributed by atoms with Crippen LogP contribution in [0.5, 0.6) is 11.5 Å². The molecule has 0 atom stereocenters. The minimum absolute atomic E-state index is 0.0400. The lowest BCUT2D eigenvalue weighted by Crippen LogP contribution is -2.48. The summed E-state index contributed by atoms with van der Waals surface area (Å²) in [6.07, 6.45) is 0. The first-order valence-corrected chi connectivity index (χ1v) is 9.80. The average molecular weight is 394 g/mol. The van der Waals surface area contributed by atoms with E-state index in [1.807, 2.05) is 42.2 Å². The molecule has 0 aliphatic carbocycles. The van der Waals surface area contributed by atoms with Gasteiger partial charge in [0, 0.05) is 43.7 Å². The summed E-state index contributed by atoms with van der Waals surface area (Å²) in [6.45, 7) is 5.85. The van der Waals surface area contributed by atoms with Crippen molar-refractivity contribution in [2.75, 3.05) is 40.4 Å². The van der Waals surface area contributed by atoms with Crippen molar-refractivity contribution in [3.8, 4) is 11.5 Å². The number of furan rings is 1. The summed E-state index contributed by atoms with van der Waals surface area (Å²) in [5.74, 6) is 2.01. The fourth-order valence-electron chi connectivity index (χ4n) is 3.77. The van der Waals surface area contributed by atoms with E-state index in [0.29, 0.717) is 24.4 Å². The molecule has 4 rings (SSSR count). The van der Waals surface area contributed by atoms with Gasteiger partial charge >= 0.3 is 0 Å². The number of fused-ring (bicyclic) bond motifs is 1. The number of benzene rings is 2. The van der Waals surface area contributed by atoms with E-state index in [1.54, 1.807) is 14.2 Å². The zero-order valence-corrected chi connectivity index (χ0v) is 17.1. The Hall–Kier alpha value is -2.99. The lowest BCUT2D eigenvalue weighted by molar-refractivity contribution is 0.0599. The van der Waals surface area contributed by atoms with E-state index >= 15 is 0 Å². The number of rotatable bonds is 5. The first-order chi connectivity index (χ1) is 14.1. The highest BCUT2D eigenvalue weighted by molar-refractivity contribution is 5.99. The van der Waals surface area contributed by atoms with Crippen LogP contribution >= 0.6 is 0 Å². The number of hydrogen-bond acceptors (Lipinski definition) is 5. The number of amides is 1. The van der Waals surface area contributed by atoms with Gasteiger partial charge in [-0.1, -0.05) is 12.1 Å². The SMILES string of the molecule is COc1ccc(CN2CCN(C(=O)c3oc4ccc(OC)cc4c3C)CC2)cc1. The third-order valence-corrected chi connectivity index (χ3v) is 5.56. The molecule has 1 fully saturated rings. The molecule has 6 nitrogen and oxygen atoms in total. The molecule has 1 amide bonds. The number of aryl methyl sites for hydroxylation is 1. The number of carbonyl (C=O) groups excluding carboxylic acids is 1. The third-order valence-electron chi connectivity index (χ3n) is 5.56. The average Bonchev–Trinajstić information content (AvgIpc) is 3.10. The first-order valence-electron chi connectivity index (χ1n) is 9.80. The summed E-state index contributed by atoms with van der Waals surface area (Å²) in [5, 5.41) is 0.922. The van der Waals surface area contributed by atoms with Gasteiger partial charge in [-0.15, -0.1) is 0 Å². The van der Waals surface area contributed by atoms with E-state index in [2.05, 4.69) is 17.0 Å². The minimum Gasteiger partial charge on any atom is -0.497 e. The molecule has 0 unspecified atom stereocenters. The van der Waals surface area contributed by atoms with Crippen LogP contribution in [0.4, 0.5) is 0 Å². The van der Waals surface area contributed by atoms with Gasteiger partial charge in [0.25, 0.3) is 5.91 Å². The molecule has 0 saturated carbocycles. The Bertz CT molecular complexity index is 1000. The fraction of sp³-hybridized carbons (Fsp3) is 0.348. The lowest BCUT2D eigenvalue weighted by atomic mass is 10.1. The largest absolute Gasteiger partial charge is 0.497 e. The van der Waals surface area contributed by atoms with Crippen molar-refractivity contribution in [1.82, 2.24) is 9.80 Å². The lowest BCUT2D eigenvalue weighted by Gasteiger charge is -2.34. The first kappa shape index (κ1) is 19.3. The second kappa shape index (κ2) is 8.17. The van der Waals surface area contributed by atoms with Gasteiger partial charge in [0.1, 0.15) is 17.1 Å². The van der Waals surface area contributed by atoms with E-state index in [4.69, 9.17) is 13.9 Å². The number of nitrogens with zero attached hydrogens (tertiary/aromatic N) is 2. The number of hydrogen-bond donors (Lipinski definition) is 0. The Balaban J connectivity index is 1.41. The van der Waals surface area contributed by atoms with Crippen molar-refractivity contribution >= 4 is 16.9 Å². The Morgan fingerprint density at radius 1 is 0.966 bits per heavy atom. The van der Waals surface area contributed by atoms with Gasteiger partial charge in [-0.3, -0.25) is 9.69 Å². The van der Waals surface area contributed by atoms with Crippen LogP contribution in [0, 0.1) is 6.92 Å². The van der Waals surface area contributed by atoms with Crippen LogP contribution in [0.2, 0.25) is 0 Å². The van der Waals surface area contributed by atoms with Gasteiger partial charge < -0.3 is 18.8 Å². The van der Waals surface area contributed by atoms with Gasteiger partial charge in [-0.25, -0.2) is 0 Å². The molecule has 29 heavy (non-hydrogen) atoms. The quantitative estimate of drug-likeness (QED) is 0.660. The van der Waals surface area contributed by atoms with Crippen LogP contribution < -0.4 is 9.47 Å². The summed E-state index contributed by atoms with van der Waals surface area (Å²) in [6, 6.07) is 13.7. The molecule has 0 N–H and O–H groups in total. The van der Waals surface area contributed by atoms with Gasteiger partial charge in [0.05, 0.1) is 14.2 Å². The Morgan fingerprint density at radius 2 is 1.62 bits per heavy atom. The zero-order valence-electron chi connectivity index (χ0n) is 17.1. The topological polar surface area (TPSA) is 55.2 Å². The summed E-state index contributed by atoms with van der Waals surface area (Å²) >= 11 is 0. The summed E-state index contributed by atoms with van der Waals surface area (Å²) in [5.41, 5.74) is 2.82. The van der Waals surface area contributed by atoms with Gasteiger partial charge in [-0.05, 0) is 42.8 Å².